The van der Waals surface area contributed by atoms with Crippen LogP contribution in [0.3, 0.4) is 0 Å². The quantitative estimate of drug-likeness (QED) is 0.884. The third-order valence-corrected chi connectivity index (χ3v) is 3.52. The molecule has 0 aliphatic rings. The molecule has 1 atom stereocenters. The summed E-state index contributed by atoms with van der Waals surface area (Å²) in [6.07, 6.45) is 0. The van der Waals surface area contributed by atoms with E-state index in [1.807, 2.05) is 6.92 Å². The molecule has 100 valence electrons. The van der Waals surface area contributed by atoms with Gasteiger partial charge in [-0.05, 0) is 32.2 Å². The highest BCUT2D eigenvalue weighted by atomic mass is 79.9. The zero-order valence-electron chi connectivity index (χ0n) is 10.7. The molecule has 0 aromatic heterocycles. The van der Waals surface area contributed by atoms with Crippen LogP contribution < -0.4 is 5.32 Å². The molecule has 1 unspecified atom stereocenters. The smallest absolute Gasteiger partial charge is 0.129 e. The predicted octanol–water partition coefficient (Wildman–Crippen LogP) is 4.34. The third-order valence-electron chi connectivity index (χ3n) is 3.02. The van der Waals surface area contributed by atoms with Crippen molar-refractivity contribution >= 4 is 15.9 Å². The standard InChI is InChI=1S/C15H14BrF2N/c1-9-3-6-13(17)12(7-9)15(19-2)11-5-4-10(16)8-14(11)18/h3-8,15,19H,1-2H3. The highest BCUT2D eigenvalue weighted by Crippen LogP contribution is 2.28. The summed E-state index contributed by atoms with van der Waals surface area (Å²) in [7, 11) is 1.69. The number of benzene rings is 2. The lowest BCUT2D eigenvalue weighted by molar-refractivity contribution is 0.546. The second-order valence-electron chi connectivity index (χ2n) is 4.41. The lowest BCUT2D eigenvalue weighted by Gasteiger charge is -2.19. The number of rotatable bonds is 3. The van der Waals surface area contributed by atoms with Crippen molar-refractivity contribution in [3.63, 3.8) is 0 Å². The van der Waals surface area contributed by atoms with Crippen LogP contribution in [0.1, 0.15) is 22.7 Å². The molecule has 1 N–H and O–H groups in total. The van der Waals surface area contributed by atoms with Gasteiger partial charge in [-0.3, -0.25) is 0 Å². The van der Waals surface area contributed by atoms with E-state index in [1.165, 1.54) is 12.1 Å². The van der Waals surface area contributed by atoms with E-state index < -0.39 is 6.04 Å². The number of nitrogens with one attached hydrogen (secondary N) is 1. The van der Waals surface area contributed by atoms with Gasteiger partial charge in [0.25, 0.3) is 0 Å². The SMILES string of the molecule is CNC(c1ccc(Br)cc1F)c1cc(C)ccc1F. The normalized spacial score (nSPS) is 12.5. The molecule has 0 saturated carbocycles. The Hall–Kier alpha value is -1.26. The van der Waals surface area contributed by atoms with E-state index in [9.17, 15) is 8.78 Å². The van der Waals surface area contributed by atoms with Crippen LogP contribution in [0.5, 0.6) is 0 Å². The van der Waals surface area contributed by atoms with Crippen LogP contribution in [0, 0.1) is 18.6 Å². The monoisotopic (exact) mass is 325 g/mol. The van der Waals surface area contributed by atoms with Crippen molar-refractivity contribution in [1.82, 2.24) is 5.32 Å². The van der Waals surface area contributed by atoms with Crippen LogP contribution in [0.15, 0.2) is 40.9 Å². The van der Waals surface area contributed by atoms with Gasteiger partial charge in [0.15, 0.2) is 0 Å². The first-order chi connectivity index (χ1) is 9.02. The van der Waals surface area contributed by atoms with Gasteiger partial charge >= 0.3 is 0 Å². The van der Waals surface area contributed by atoms with Gasteiger partial charge in [0, 0.05) is 15.6 Å². The van der Waals surface area contributed by atoms with E-state index in [0.29, 0.717) is 15.6 Å². The molecule has 0 saturated heterocycles. The first-order valence-corrected chi connectivity index (χ1v) is 6.70. The van der Waals surface area contributed by atoms with E-state index in [-0.39, 0.29) is 11.6 Å². The second kappa shape index (κ2) is 5.80. The van der Waals surface area contributed by atoms with Crippen LogP contribution in [0.2, 0.25) is 0 Å². The Bertz CT molecular complexity index is 599. The fourth-order valence-corrected chi connectivity index (χ4v) is 2.43. The van der Waals surface area contributed by atoms with Gasteiger partial charge in [-0.2, -0.15) is 0 Å². The maximum absolute atomic E-state index is 14.0. The van der Waals surface area contributed by atoms with Gasteiger partial charge in [0.1, 0.15) is 11.6 Å². The van der Waals surface area contributed by atoms with Crippen molar-refractivity contribution in [3.05, 3.63) is 69.2 Å². The molecular weight excluding hydrogens is 312 g/mol. The number of hydrogen-bond acceptors (Lipinski definition) is 1. The minimum Gasteiger partial charge on any atom is -0.309 e. The average Bonchev–Trinajstić information content (AvgIpc) is 2.36. The molecule has 2 aromatic rings. The summed E-state index contributed by atoms with van der Waals surface area (Å²) in [5, 5.41) is 2.97. The van der Waals surface area contributed by atoms with Crippen LogP contribution in [-0.2, 0) is 0 Å². The van der Waals surface area contributed by atoms with Crippen LogP contribution >= 0.6 is 15.9 Å². The Morgan fingerprint density at radius 1 is 1.00 bits per heavy atom. The largest absolute Gasteiger partial charge is 0.309 e. The highest BCUT2D eigenvalue weighted by molar-refractivity contribution is 9.10. The molecule has 2 rings (SSSR count). The second-order valence-corrected chi connectivity index (χ2v) is 5.33. The third kappa shape index (κ3) is 3.01. The Kier molecular flexibility index (Phi) is 4.32. The van der Waals surface area contributed by atoms with E-state index in [2.05, 4.69) is 21.2 Å². The molecule has 0 spiro atoms. The summed E-state index contributed by atoms with van der Waals surface area (Å²) >= 11 is 3.22. The molecule has 0 aliphatic carbocycles. The van der Waals surface area contributed by atoms with Gasteiger partial charge < -0.3 is 5.32 Å². The molecule has 0 fully saturated rings. The summed E-state index contributed by atoms with van der Waals surface area (Å²) in [6, 6.07) is 9.12. The van der Waals surface area contributed by atoms with Gasteiger partial charge in [0.2, 0.25) is 0 Å². The summed E-state index contributed by atoms with van der Waals surface area (Å²) in [4.78, 5) is 0. The minimum absolute atomic E-state index is 0.340. The van der Waals surface area contributed by atoms with Crippen molar-refractivity contribution in [2.75, 3.05) is 7.05 Å². The summed E-state index contributed by atoms with van der Waals surface area (Å²) < 4.78 is 28.6. The number of halogens is 3. The zero-order valence-corrected chi connectivity index (χ0v) is 12.3. The van der Waals surface area contributed by atoms with Crippen molar-refractivity contribution in [1.29, 1.82) is 0 Å². The van der Waals surface area contributed by atoms with E-state index >= 15 is 0 Å². The first kappa shape index (κ1) is 14.2. The topological polar surface area (TPSA) is 12.0 Å². The van der Waals surface area contributed by atoms with E-state index in [4.69, 9.17) is 0 Å². The molecule has 0 aliphatic heterocycles. The molecule has 0 amide bonds. The van der Waals surface area contributed by atoms with Crippen molar-refractivity contribution in [2.24, 2.45) is 0 Å². The molecule has 4 heteroatoms. The van der Waals surface area contributed by atoms with Crippen LogP contribution in [-0.4, -0.2) is 7.05 Å². The highest BCUT2D eigenvalue weighted by Gasteiger charge is 2.19. The zero-order chi connectivity index (χ0) is 14.0. The van der Waals surface area contributed by atoms with E-state index in [1.54, 1.807) is 31.3 Å². The van der Waals surface area contributed by atoms with Crippen molar-refractivity contribution in [2.45, 2.75) is 13.0 Å². The predicted molar refractivity (Wildman–Crippen MR) is 76.1 cm³/mol. The Morgan fingerprint density at radius 3 is 2.37 bits per heavy atom. The summed E-state index contributed by atoms with van der Waals surface area (Å²) in [6.45, 7) is 1.88. The van der Waals surface area contributed by atoms with E-state index in [0.717, 1.165) is 5.56 Å². The minimum atomic E-state index is -0.506. The lowest BCUT2D eigenvalue weighted by Crippen LogP contribution is -2.20. The van der Waals surface area contributed by atoms with Gasteiger partial charge in [0.05, 0.1) is 6.04 Å². The maximum atomic E-state index is 14.0. The Balaban J connectivity index is 2.52. The maximum Gasteiger partial charge on any atom is 0.129 e. The number of aryl methyl sites for hydroxylation is 1. The fourth-order valence-electron chi connectivity index (χ4n) is 2.10. The van der Waals surface area contributed by atoms with Gasteiger partial charge in [-0.15, -0.1) is 0 Å². The lowest BCUT2D eigenvalue weighted by atomic mass is 9.96. The number of hydrogen-bond donors (Lipinski definition) is 1. The average molecular weight is 326 g/mol. The Labute approximate surface area is 119 Å². The van der Waals surface area contributed by atoms with Crippen LogP contribution in [0.25, 0.3) is 0 Å². The molecule has 2 aromatic carbocycles. The molecule has 19 heavy (non-hydrogen) atoms. The molecular formula is C15H14BrF2N. The summed E-state index contributed by atoms with van der Waals surface area (Å²) in [5.41, 5.74) is 1.81. The molecule has 0 bridgehead atoms. The molecule has 0 heterocycles. The molecule has 0 radical (unpaired) electrons. The van der Waals surface area contributed by atoms with Crippen molar-refractivity contribution in [3.8, 4) is 0 Å². The Morgan fingerprint density at radius 2 is 1.74 bits per heavy atom. The molecule has 1 nitrogen and oxygen atoms in total. The van der Waals surface area contributed by atoms with Crippen molar-refractivity contribution < 1.29 is 8.78 Å². The van der Waals surface area contributed by atoms with Crippen LogP contribution in [0.4, 0.5) is 8.78 Å². The van der Waals surface area contributed by atoms with Gasteiger partial charge in [-0.25, -0.2) is 8.78 Å². The summed E-state index contributed by atoms with van der Waals surface area (Å²) in [5.74, 6) is -0.707. The first-order valence-electron chi connectivity index (χ1n) is 5.91. The fraction of sp³-hybridized carbons (Fsp3) is 0.200. The van der Waals surface area contributed by atoms with Gasteiger partial charge in [-0.1, -0.05) is 39.7 Å².